The van der Waals surface area contributed by atoms with Crippen molar-refractivity contribution in [3.8, 4) is 11.5 Å². The number of benzene rings is 1. The Morgan fingerprint density at radius 1 is 1.25 bits per heavy atom. The number of phenols is 1. The van der Waals surface area contributed by atoms with E-state index in [9.17, 15) is 5.11 Å². The number of nitrogens with one attached hydrogen (secondary N) is 1. The van der Waals surface area contributed by atoms with Crippen molar-refractivity contribution in [1.82, 2.24) is 15.3 Å². The number of methoxy groups -OCH3 is 1. The highest BCUT2D eigenvalue weighted by molar-refractivity contribution is 6.30. The topological polar surface area (TPSA) is 67.3 Å². The Kier molecular flexibility index (Phi) is 4.76. The van der Waals surface area contributed by atoms with E-state index in [4.69, 9.17) is 16.3 Å². The predicted octanol–water partition coefficient (Wildman–Crippen LogP) is 2.44. The quantitative estimate of drug-likeness (QED) is 0.886. The molecule has 1 aromatic heterocycles. The van der Waals surface area contributed by atoms with Crippen LogP contribution in [0.25, 0.3) is 0 Å². The second-order valence-electron chi connectivity index (χ2n) is 4.37. The zero-order valence-corrected chi connectivity index (χ0v) is 12.1. The van der Waals surface area contributed by atoms with Crippen molar-refractivity contribution >= 4 is 11.6 Å². The molecule has 0 saturated heterocycles. The van der Waals surface area contributed by atoms with E-state index in [0.717, 1.165) is 11.4 Å². The zero-order chi connectivity index (χ0) is 14.5. The van der Waals surface area contributed by atoms with Crippen molar-refractivity contribution in [2.75, 3.05) is 7.11 Å². The molecule has 2 N–H and O–H groups in total. The first kappa shape index (κ1) is 14.6. The van der Waals surface area contributed by atoms with Gasteiger partial charge in [0.05, 0.1) is 18.5 Å². The number of phenolic OH excluding ortho intramolecular Hbond substituents is 1. The molecule has 0 radical (unpaired) electrons. The molecule has 0 spiro atoms. The minimum absolute atomic E-state index is 0.0967. The molecule has 1 heterocycles. The number of rotatable bonds is 5. The third-order valence-corrected chi connectivity index (χ3v) is 3.01. The lowest BCUT2D eigenvalue weighted by Crippen LogP contribution is -2.14. The summed E-state index contributed by atoms with van der Waals surface area (Å²) in [6, 6.07) is 3.28. The summed E-state index contributed by atoms with van der Waals surface area (Å²) in [7, 11) is 1.49. The average Bonchev–Trinajstić information content (AvgIpc) is 2.44. The van der Waals surface area contributed by atoms with Crippen LogP contribution >= 0.6 is 11.6 Å². The third kappa shape index (κ3) is 3.59. The monoisotopic (exact) mass is 293 g/mol. The molecule has 1 aromatic carbocycles. The summed E-state index contributed by atoms with van der Waals surface area (Å²) in [6.45, 7) is 2.90. The lowest BCUT2D eigenvalue weighted by atomic mass is 10.2. The van der Waals surface area contributed by atoms with Gasteiger partial charge in [-0.1, -0.05) is 11.6 Å². The molecule has 20 heavy (non-hydrogen) atoms. The van der Waals surface area contributed by atoms with Gasteiger partial charge < -0.3 is 15.2 Å². The molecule has 5 nitrogen and oxygen atoms in total. The number of halogens is 1. The van der Waals surface area contributed by atoms with Crippen molar-refractivity contribution in [1.29, 1.82) is 0 Å². The lowest BCUT2D eigenvalue weighted by molar-refractivity contribution is 0.369. The van der Waals surface area contributed by atoms with Crippen LogP contribution in [0.1, 0.15) is 17.0 Å². The fourth-order valence-corrected chi connectivity index (χ4v) is 1.99. The van der Waals surface area contributed by atoms with E-state index >= 15 is 0 Å². The second-order valence-corrected chi connectivity index (χ2v) is 4.80. The van der Waals surface area contributed by atoms with Crippen molar-refractivity contribution < 1.29 is 9.84 Å². The molecule has 2 rings (SSSR count). The Bertz CT molecular complexity index is 588. The van der Waals surface area contributed by atoms with Gasteiger partial charge in [-0.3, -0.25) is 9.97 Å². The fraction of sp³-hybridized carbons (Fsp3) is 0.286. The van der Waals surface area contributed by atoms with Crippen molar-refractivity contribution in [3.63, 3.8) is 0 Å². The summed E-state index contributed by atoms with van der Waals surface area (Å²) in [4.78, 5) is 8.42. The van der Waals surface area contributed by atoms with Gasteiger partial charge in [0.2, 0.25) is 0 Å². The fourth-order valence-electron chi connectivity index (χ4n) is 1.75. The molecular weight excluding hydrogens is 278 g/mol. The Labute approximate surface area is 122 Å². The van der Waals surface area contributed by atoms with Crippen LogP contribution in [0.15, 0.2) is 24.5 Å². The first-order valence-electron chi connectivity index (χ1n) is 6.13. The molecular formula is C14H16ClN3O2. The maximum Gasteiger partial charge on any atom is 0.162 e. The summed E-state index contributed by atoms with van der Waals surface area (Å²) < 4.78 is 5.06. The number of hydrogen-bond acceptors (Lipinski definition) is 5. The van der Waals surface area contributed by atoms with E-state index in [1.54, 1.807) is 24.5 Å². The molecule has 0 bridgehead atoms. The third-order valence-electron chi connectivity index (χ3n) is 2.79. The van der Waals surface area contributed by atoms with Crippen molar-refractivity contribution in [2.45, 2.75) is 20.0 Å². The zero-order valence-electron chi connectivity index (χ0n) is 11.4. The molecule has 0 unspecified atom stereocenters. The van der Waals surface area contributed by atoms with E-state index in [1.807, 2.05) is 6.92 Å². The number of aryl methyl sites for hydroxylation is 1. The molecule has 0 aliphatic carbocycles. The maximum atomic E-state index is 10.00. The van der Waals surface area contributed by atoms with E-state index in [2.05, 4.69) is 15.3 Å². The minimum Gasteiger partial charge on any atom is -0.504 e. The highest BCUT2D eigenvalue weighted by atomic mass is 35.5. The van der Waals surface area contributed by atoms with E-state index in [0.29, 0.717) is 29.4 Å². The Balaban J connectivity index is 2.00. The number of aromatic hydroxyl groups is 1. The second kappa shape index (κ2) is 6.54. The van der Waals surface area contributed by atoms with Gasteiger partial charge in [0.1, 0.15) is 0 Å². The van der Waals surface area contributed by atoms with Gasteiger partial charge in [0.15, 0.2) is 11.5 Å². The van der Waals surface area contributed by atoms with Gasteiger partial charge in [-0.25, -0.2) is 0 Å². The van der Waals surface area contributed by atoms with Crippen LogP contribution in [0.5, 0.6) is 11.5 Å². The van der Waals surface area contributed by atoms with Gasteiger partial charge in [0.25, 0.3) is 0 Å². The molecule has 6 heteroatoms. The van der Waals surface area contributed by atoms with Crippen molar-refractivity contribution in [3.05, 3.63) is 46.5 Å². The number of aromatic nitrogens is 2. The van der Waals surface area contributed by atoms with Gasteiger partial charge in [-0.2, -0.15) is 0 Å². The maximum absolute atomic E-state index is 10.00. The molecule has 0 fully saturated rings. The molecule has 106 valence electrons. The lowest BCUT2D eigenvalue weighted by Gasteiger charge is -2.10. The standard InChI is InChI=1S/C14H16ClN3O2/c1-9-5-18-12(8-17-9)7-16-6-10-3-11(15)4-13(20-2)14(10)19/h3-5,8,16,19H,6-7H2,1-2H3. The Morgan fingerprint density at radius 3 is 2.70 bits per heavy atom. The smallest absolute Gasteiger partial charge is 0.162 e. The first-order valence-corrected chi connectivity index (χ1v) is 6.51. The van der Waals surface area contributed by atoms with Crippen LogP contribution in [-0.2, 0) is 13.1 Å². The van der Waals surface area contributed by atoms with Gasteiger partial charge in [-0.05, 0) is 13.0 Å². The van der Waals surface area contributed by atoms with Crippen LogP contribution < -0.4 is 10.1 Å². The summed E-state index contributed by atoms with van der Waals surface area (Å²) in [5.74, 6) is 0.462. The predicted molar refractivity (Wildman–Crippen MR) is 77.0 cm³/mol. The van der Waals surface area contributed by atoms with Crippen LogP contribution in [0.3, 0.4) is 0 Å². The van der Waals surface area contributed by atoms with Gasteiger partial charge in [-0.15, -0.1) is 0 Å². The summed E-state index contributed by atoms with van der Waals surface area (Å²) in [5, 5.41) is 13.7. The summed E-state index contributed by atoms with van der Waals surface area (Å²) in [5.41, 5.74) is 2.39. The van der Waals surface area contributed by atoms with Crippen LogP contribution in [0, 0.1) is 6.92 Å². The number of nitrogens with zero attached hydrogens (tertiary/aromatic N) is 2. The van der Waals surface area contributed by atoms with Crippen LogP contribution in [0.4, 0.5) is 0 Å². The summed E-state index contributed by atoms with van der Waals surface area (Å²) in [6.07, 6.45) is 3.44. The highest BCUT2D eigenvalue weighted by Crippen LogP contribution is 2.33. The molecule has 0 atom stereocenters. The molecule has 0 aliphatic heterocycles. The molecule has 0 saturated carbocycles. The van der Waals surface area contributed by atoms with Crippen molar-refractivity contribution in [2.24, 2.45) is 0 Å². The van der Waals surface area contributed by atoms with Crippen LogP contribution in [-0.4, -0.2) is 22.2 Å². The molecule has 0 amide bonds. The highest BCUT2D eigenvalue weighted by Gasteiger charge is 2.09. The Morgan fingerprint density at radius 2 is 2.05 bits per heavy atom. The number of hydrogen-bond donors (Lipinski definition) is 2. The van der Waals surface area contributed by atoms with Gasteiger partial charge in [0, 0.05) is 42.1 Å². The van der Waals surface area contributed by atoms with E-state index in [1.165, 1.54) is 7.11 Å². The molecule has 0 aliphatic rings. The van der Waals surface area contributed by atoms with Gasteiger partial charge >= 0.3 is 0 Å². The largest absolute Gasteiger partial charge is 0.504 e. The van der Waals surface area contributed by atoms with E-state index < -0.39 is 0 Å². The number of ether oxygens (including phenoxy) is 1. The summed E-state index contributed by atoms with van der Waals surface area (Å²) >= 11 is 5.97. The molecule has 2 aromatic rings. The SMILES string of the molecule is COc1cc(Cl)cc(CNCc2cnc(C)cn2)c1O. The Hall–Kier alpha value is -1.85. The van der Waals surface area contributed by atoms with E-state index in [-0.39, 0.29) is 5.75 Å². The minimum atomic E-state index is 0.0967. The van der Waals surface area contributed by atoms with Crippen LogP contribution in [0.2, 0.25) is 5.02 Å². The average molecular weight is 294 g/mol. The normalized spacial score (nSPS) is 10.6. The first-order chi connectivity index (χ1) is 9.60.